The van der Waals surface area contributed by atoms with Crippen molar-refractivity contribution in [2.45, 2.75) is 16.8 Å². The third-order valence-electron chi connectivity index (χ3n) is 3.91. The highest BCUT2D eigenvalue weighted by Crippen LogP contribution is 2.29. The summed E-state index contributed by atoms with van der Waals surface area (Å²) in [5.41, 5.74) is 1.03. The monoisotopic (exact) mass is 421 g/mol. The van der Waals surface area contributed by atoms with Crippen molar-refractivity contribution < 1.29 is 18.0 Å². The van der Waals surface area contributed by atoms with Crippen LogP contribution >= 0.6 is 23.4 Å². The maximum atomic E-state index is 12.6. The lowest BCUT2D eigenvalue weighted by Crippen LogP contribution is -2.12. The highest BCUT2D eigenvalue weighted by molar-refractivity contribution is 7.98. The Labute approximate surface area is 169 Å². The second kappa shape index (κ2) is 8.71. The van der Waals surface area contributed by atoms with Crippen LogP contribution in [-0.4, -0.2) is 5.91 Å². The van der Waals surface area contributed by atoms with E-state index in [1.54, 1.807) is 23.9 Å². The molecule has 0 aromatic heterocycles. The first-order chi connectivity index (χ1) is 13.3. The van der Waals surface area contributed by atoms with Gasteiger partial charge in [-0.05, 0) is 66.2 Å². The Morgan fingerprint density at radius 2 is 1.50 bits per heavy atom. The predicted octanol–water partition coefficient (Wildman–Crippen LogP) is 6.90. The van der Waals surface area contributed by atoms with E-state index >= 15 is 0 Å². The molecular weight excluding hydrogens is 407 g/mol. The first-order valence-electron chi connectivity index (χ1n) is 8.27. The molecule has 0 saturated heterocycles. The predicted molar refractivity (Wildman–Crippen MR) is 107 cm³/mol. The van der Waals surface area contributed by atoms with E-state index < -0.39 is 17.6 Å². The molecule has 1 amide bonds. The van der Waals surface area contributed by atoms with E-state index in [9.17, 15) is 18.0 Å². The number of halogens is 4. The first kappa shape index (κ1) is 20.3. The third kappa shape index (κ3) is 5.53. The molecule has 3 aromatic carbocycles. The van der Waals surface area contributed by atoms with Gasteiger partial charge in [-0.1, -0.05) is 23.7 Å². The lowest BCUT2D eigenvalue weighted by molar-refractivity contribution is -0.137. The van der Waals surface area contributed by atoms with Crippen molar-refractivity contribution in [1.29, 1.82) is 0 Å². The Balaban J connectivity index is 1.57. The minimum atomic E-state index is -4.42. The highest BCUT2D eigenvalue weighted by atomic mass is 35.5. The van der Waals surface area contributed by atoms with Crippen LogP contribution in [0.5, 0.6) is 0 Å². The molecule has 2 nitrogen and oxygen atoms in total. The topological polar surface area (TPSA) is 29.1 Å². The van der Waals surface area contributed by atoms with Gasteiger partial charge in [0.25, 0.3) is 5.91 Å². The maximum absolute atomic E-state index is 12.6. The van der Waals surface area contributed by atoms with E-state index in [0.29, 0.717) is 10.7 Å². The molecule has 0 atom stereocenters. The highest BCUT2D eigenvalue weighted by Gasteiger charge is 2.30. The minimum absolute atomic E-state index is 0.162. The van der Waals surface area contributed by atoms with Crippen LogP contribution in [0, 0.1) is 0 Å². The van der Waals surface area contributed by atoms with Crippen LogP contribution in [0.15, 0.2) is 77.7 Å². The van der Waals surface area contributed by atoms with Gasteiger partial charge in [-0.15, -0.1) is 11.8 Å². The molecule has 0 aliphatic carbocycles. The van der Waals surface area contributed by atoms with Gasteiger partial charge in [-0.25, -0.2) is 0 Å². The van der Waals surface area contributed by atoms with Gasteiger partial charge in [-0.3, -0.25) is 4.79 Å². The van der Waals surface area contributed by atoms with Crippen LogP contribution in [0.4, 0.5) is 18.9 Å². The molecule has 0 spiro atoms. The zero-order valence-corrected chi connectivity index (χ0v) is 16.0. The van der Waals surface area contributed by atoms with Crippen molar-refractivity contribution in [2.75, 3.05) is 5.32 Å². The van der Waals surface area contributed by atoms with E-state index in [0.717, 1.165) is 40.5 Å². The van der Waals surface area contributed by atoms with Gasteiger partial charge in [0.15, 0.2) is 0 Å². The number of amides is 1. The fourth-order valence-corrected chi connectivity index (χ4v) is 3.38. The van der Waals surface area contributed by atoms with Crippen LogP contribution < -0.4 is 5.32 Å². The summed E-state index contributed by atoms with van der Waals surface area (Å²) in [4.78, 5) is 13.3. The summed E-state index contributed by atoms with van der Waals surface area (Å²) in [6.07, 6.45) is -4.42. The van der Waals surface area contributed by atoms with Crippen molar-refractivity contribution in [3.8, 4) is 0 Å². The van der Waals surface area contributed by atoms with Crippen molar-refractivity contribution in [2.24, 2.45) is 0 Å². The fraction of sp³-hybridized carbons (Fsp3) is 0.0952. The van der Waals surface area contributed by atoms with Crippen molar-refractivity contribution >= 4 is 35.0 Å². The molecule has 0 radical (unpaired) electrons. The standard InChI is InChI=1S/C21H15ClF3NOS/c22-17-7-11-19(12-8-17)28-13-14-1-9-18(10-2-14)26-20(27)15-3-5-16(6-4-15)21(23,24)25/h1-12H,13H2,(H,26,27). The van der Waals surface area contributed by atoms with Crippen molar-refractivity contribution in [3.63, 3.8) is 0 Å². The van der Waals surface area contributed by atoms with Crippen LogP contribution in [0.1, 0.15) is 21.5 Å². The van der Waals surface area contributed by atoms with Crippen LogP contribution in [0.2, 0.25) is 5.02 Å². The van der Waals surface area contributed by atoms with Gasteiger partial charge in [-0.2, -0.15) is 13.2 Å². The number of alkyl halides is 3. The zero-order chi connectivity index (χ0) is 20.1. The van der Waals surface area contributed by atoms with E-state index in [4.69, 9.17) is 11.6 Å². The lowest BCUT2D eigenvalue weighted by atomic mass is 10.1. The van der Waals surface area contributed by atoms with Gasteiger partial charge in [0, 0.05) is 26.9 Å². The number of benzene rings is 3. The number of anilines is 1. The van der Waals surface area contributed by atoms with Gasteiger partial charge >= 0.3 is 6.18 Å². The maximum Gasteiger partial charge on any atom is 0.416 e. The molecule has 0 bridgehead atoms. The molecule has 144 valence electrons. The molecule has 0 unspecified atom stereocenters. The molecule has 0 heterocycles. The second-order valence-electron chi connectivity index (χ2n) is 5.97. The number of hydrogen-bond donors (Lipinski definition) is 1. The number of carbonyl (C=O) groups is 1. The normalized spacial score (nSPS) is 11.3. The SMILES string of the molecule is O=C(Nc1ccc(CSc2ccc(Cl)cc2)cc1)c1ccc(C(F)(F)F)cc1. The van der Waals surface area contributed by atoms with E-state index in [2.05, 4.69) is 5.32 Å². The van der Waals surface area contributed by atoms with E-state index in [1.807, 2.05) is 36.4 Å². The smallest absolute Gasteiger partial charge is 0.322 e. The molecule has 0 fully saturated rings. The van der Waals surface area contributed by atoms with Crippen molar-refractivity contribution in [1.82, 2.24) is 0 Å². The lowest BCUT2D eigenvalue weighted by Gasteiger charge is -2.09. The molecule has 3 rings (SSSR count). The number of rotatable bonds is 5. The number of hydrogen-bond acceptors (Lipinski definition) is 2. The molecule has 28 heavy (non-hydrogen) atoms. The van der Waals surface area contributed by atoms with Crippen LogP contribution in [0.3, 0.4) is 0 Å². The molecule has 0 aliphatic heterocycles. The summed E-state index contributed by atoms with van der Waals surface area (Å²) in [5, 5.41) is 3.37. The molecule has 1 N–H and O–H groups in total. The minimum Gasteiger partial charge on any atom is -0.322 e. The Hall–Kier alpha value is -2.44. The molecule has 0 saturated carbocycles. The number of carbonyl (C=O) groups excluding carboxylic acids is 1. The zero-order valence-electron chi connectivity index (χ0n) is 14.5. The summed E-state index contributed by atoms with van der Waals surface area (Å²) in [6.45, 7) is 0. The summed E-state index contributed by atoms with van der Waals surface area (Å²) in [7, 11) is 0. The van der Waals surface area contributed by atoms with Gasteiger partial charge in [0.05, 0.1) is 5.56 Å². The largest absolute Gasteiger partial charge is 0.416 e. The average Bonchev–Trinajstić information content (AvgIpc) is 2.68. The Morgan fingerprint density at radius 3 is 2.07 bits per heavy atom. The summed E-state index contributed by atoms with van der Waals surface area (Å²) in [6, 6.07) is 19.0. The molecular formula is C21H15ClF3NOS. The summed E-state index contributed by atoms with van der Waals surface area (Å²) >= 11 is 7.53. The molecule has 0 aliphatic rings. The van der Waals surface area contributed by atoms with Crippen LogP contribution in [-0.2, 0) is 11.9 Å². The summed E-state index contributed by atoms with van der Waals surface area (Å²) < 4.78 is 37.8. The van der Waals surface area contributed by atoms with Crippen LogP contribution in [0.25, 0.3) is 0 Å². The van der Waals surface area contributed by atoms with Gasteiger partial charge in [0.2, 0.25) is 0 Å². The average molecular weight is 422 g/mol. The molecule has 3 aromatic rings. The second-order valence-corrected chi connectivity index (χ2v) is 7.45. The Morgan fingerprint density at radius 1 is 0.893 bits per heavy atom. The van der Waals surface area contributed by atoms with Crippen molar-refractivity contribution in [3.05, 3.63) is 94.5 Å². The number of nitrogens with one attached hydrogen (secondary N) is 1. The van der Waals surface area contributed by atoms with E-state index in [1.165, 1.54) is 0 Å². The van der Waals surface area contributed by atoms with Gasteiger partial charge < -0.3 is 5.32 Å². The fourth-order valence-electron chi connectivity index (χ4n) is 2.40. The quantitative estimate of drug-likeness (QED) is 0.454. The molecule has 7 heteroatoms. The van der Waals surface area contributed by atoms with Gasteiger partial charge in [0.1, 0.15) is 0 Å². The number of thioether (sulfide) groups is 1. The van der Waals surface area contributed by atoms with E-state index in [-0.39, 0.29) is 5.56 Å². The summed E-state index contributed by atoms with van der Waals surface area (Å²) in [5.74, 6) is 0.298. The Kier molecular flexibility index (Phi) is 6.31. The first-order valence-corrected chi connectivity index (χ1v) is 9.63. The third-order valence-corrected chi connectivity index (χ3v) is 5.24. The Bertz CT molecular complexity index is 939.